The van der Waals surface area contributed by atoms with Gasteiger partial charge in [-0.3, -0.25) is 0 Å². The third kappa shape index (κ3) is 2.85. The minimum Gasteiger partial charge on any atom is -0.0619 e. The van der Waals surface area contributed by atoms with Crippen molar-refractivity contribution in [2.75, 3.05) is 0 Å². The summed E-state index contributed by atoms with van der Waals surface area (Å²) in [6.45, 7) is 2.26. The van der Waals surface area contributed by atoms with Crippen molar-refractivity contribution >= 4 is 32.3 Å². The van der Waals surface area contributed by atoms with E-state index in [0.29, 0.717) is 0 Å². The van der Waals surface area contributed by atoms with E-state index in [1.807, 2.05) is 0 Å². The van der Waals surface area contributed by atoms with Gasteiger partial charge in [-0.1, -0.05) is 97.9 Å². The van der Waals surface area contributed by atoms with E-state index in [2.05, 4.69) is 110 Å². The van der Waals surface area contributed by atoms with Crippen LogP contribution in [0.4, 0.5) is 0 Å². The Kier molecular flexibility index (Phi) is 4.35. The van der Waals surface area contributed by atoms with Gasteiger partial charge in [0.1, 0.15) is 0 Å². The van der Waals surface area contributed by atoms with Crippen LogP contribution in [0.1, 0.15) is 34.7 Å². The van der Waals surface area contributed by atoms with Crippen molar-refractivity contribution in [1.82, 2.24) is 0 Å². The molecule has 0 unspecified atom stereocenters. The SMILES string of the molecule is CCc1cc2c3ccccc3c(Cc3cccc4c3-c3ccccc3C4)cc2c2ccccc12. The lowest BCUT2D eigenvalue weighted by Crippen LogP contribution is -1.96. The predicted molar refractivity (Wildman–Crippen MR) is 146 cm³/mol. The Morgan fingerprint density at radius 1 is 0.500 bits per heavy atom. The van der Waals surface area contributed by atoms with Crippen LogP contribution >= 0.6 is 0 Å². The van der Waals surface area contributed by atoms with Crippen LogP contribution in [-0.2, 0) is 19.3 Å². The summed E-state index contributed by atoms with van der Waals surface area (Å²) < 4.78 is 0. The van der Waals surface area contributed by atoms with E-state index in [1.54, 1.807) is 0 Å². The summed E-state index contributed by atoms with van der Waals surface area (Å²) in [4.78, 5) is 0. The second kappa shape index (κ2) is 7.57. The molecule has 0 aromatic heterocycles. The molecule has 7 rings (SSSR count). The normalized spacial score (nSPS) is 12.4. The first-order valence-electron chi connectivity index (χ1n) is 12.4. The van der Waals surface area contributed by atoms with Gasteiger partial charge >= 0.3 is 0 Å². The van der Waals surface area contributed by atoms with Crippen molar-refractivity contribution in [3.05, 3.63) is 131 Å². The Bertz CT molecular complexity index is 1740. The molecule has 0 amide bonds. The molecule has 1 aliphatic carbocycles. The van der Waals surface area contributed by atoms with Gasteiger partial charge in [-0.05, 0) is 103 Å². The summed E-state index contributed by atoms with van der Waals surface area (Å²) in [5.41, 5.74) is 10.0. The lowest BCUT2D eigenvalue weighted by Gasteiger charge is -2.16. The van der Waals surface area contributed by atoms with Gasteiger partial charge in [0.25, 0.3) is 0 Å². The molecule has 1 aliphatic rings. The molecular formula is C34H26. The van der Waals surface area contributed by atoms with Crippen LogP contribution in [-0.4, -0.2) is 0 Å². The van der Waals surface area contributed by atoms with Crippen LogP contribution in [0, 0.1) is 0 Å². The molecule has 0 radical (unpaired) electrons. The van der Waals surface area contributed by atoms with Crippen LogP contribution in [0.25, 0.3) is 43.4 Å². The quantitative estimate of drug-likeness (QED) is 0.244. The molecular weight excluding hydrogens is 408 g/mol. The van der Waals surface area contributed by atoms with Crippen molar-refractivity contribution in [2.24, 2.45) is 0 Å². The highest BCUT2D eigenvalue weighted by Gasteiger charge is 2.21. The molecule has 162 valence electrons. The van der Waals surface area contributed by atoms with Gasteiger partial charge in [0, 0.05) is 0 Å². The van der Waals surface area contributed by atoms with Gasteiger partial charge in [-0.15, -0.1) is 0 Å². The molecule has 0 spiro atoms. The van der Waals surface area contributed by atoms with E-state index in [0.717, 1.165) is 19.3 Å². The smallest absolute Gasteiger partial charge is 0.00131 e. The summed E-state index contributed by atoms with van der Waals surface area (Å²) in [6.07, 6.45) is 3.03. The Balaban J connectivity index is 1.51. The van der Waals surface area contributed by atoms with Crippen LogP contribution in [0.15, 0.2) is 103 Å². The highest BCUT2D eigenvalue weighted by molar-refractivity contribution is 6.19. The fourth-order valence-corrected chi connectivity index (χ4v) is 6.16. The minimum atomic E-state index is 0.942. The molecule has 0 heteroatoms. The highest BCUT2D eigenvalue weighted by Crippen LogP contribution is 2.41. The van der Waals surface area contributed by atoms with Crippen molar-refractivity contribution in [3.63, 3.8) is 0 Å². The van der Waals surface area contributed by atoms with Crippen LogP contribution in [0.5, 0.6) is 0 Å². The second-order valence-corrected chi connectivity index (χ2v) is 9.57. The zero-order valence-electron chi connectivity index (χ0n) is 19.4. The molecule has 0 N–H and O–H groups in total. The summed E-state index contributed by atoms with van der Waals surface area (Å²) in [5.74, 6) is 0. The Labute approximate surface area is 200 Å². The first kappa shape index (κ1) is 19.6. The molecule has 34 heavy (non-hydrogen) atoms. The first-order chi connectivity index (χ1) is 16.8. The summed E-state index contributed by atoms with van der Waals surface area (Å²) >= 11 is 0. The fourth-order valence-electron chi connectivity index (χ4n) is 6.16. The lowest BCUT2D eigenvalue weighted by molar-refractivity contribution is 1.16. The van der Waals surface area contributed by atoms with E-state index in [4.69, 9.17) is 0 Å². The number of fused-ring (bicyclic) bond motifs is 8. The van der Waals surface area contributed by atoms with Crippen LogP contribution in [0.3, 0.4) is 0 Å². The van der Waals surface area contributed by atoms with E-state index >= 15 is 0 Å². The highest BCUT2D eigenvalue weighted by atomic mass is 14.2. The van der Waals surface area contributed by atoms with Gasteiger partial charge < -0.3 is 0 Å². The molecule has 6 aromatic carbocycles. The summed E-state index contributed by atoms with van der Waals surface area (Å²) in [5, 5.41) is 8.23. The third-order valence-electron chi connectivity index (χ3n) is 7.72. The van der Waals surface area contributed by atoms with E-state index in [-0.39, 0.29) is 0 Å². The Hall–Kier alpha value is -3.90. The van der Waals surface area contributed by atoms with E-state index in [1.165, 1.54) is 71.3 Å². The number of aryl methyl sites for hydroxylation is 1. The third-order valence-corrected chi connectivity index (χ3v) is 7.72. The molecule has 0 saturated heterocycles. The maximum atomic E-state index is 2.47. The molecule has 0 nitrogen and oxygen atoms in total. The predicted octanol–water partition coefficient (Wildman–Crippen LogP) is 8.87. The molecule has 0 aliphatic heterocycles. The van der Waals surface area contributed by atoms with Crippen LogP contribution in [0.2, 0.25) is 0 Å². The van der Waals surface area contributed by atoms with E-state index in [9.17, 15) is 0 Å². The first-order valence-corrected chi connectivity index (χ1v) is 12.4. The maximum absolute atomic E-state index is 2.47. The molecule has 0 heterocycles. The number of hydrogen-bond acceptors (Lipinski definition) is 0. The molecule has 0 fully saturated rings. The largest absolute Gasteiger partial charge is 0.0619 e. The van der Waals surface area contributed by atoms with Gasteiger partial charge in [0.05, 0.1) is 0 Å². The zero-order valence-corrected chi connectivity index (χ0v) is 19.4. The van der Waals surface area contributed by atoms with Gasteiger partial charge in [0.15, 0.2) is 0 Å². The second-order valence-electron chi connectivity index (χ2n) is 9.57. The monoisotopic (exact) mass is 434 g/mol. The van der Waals surface area contributed by atoms with Gasteiger partial charge in [-0.2, -0.15) is 0 Å². The van der Waals surface area contributed by atoms with Gasteiger partial charge in [0.2, 0.25) is 0 Å². The minimum absolute atomic E-state index is 0.942. The van der Waals surface area contributed by atoms with Gasteiger partial charge in [-0.25, -0.2) is 0 Å². The Morgan fingerprint density at radius 3 is 1.82 bits per heavy atom. The topological polar surface area (TPSA) is 0 Å². The summed E-state index contributed by atoms with van der Waals surface area (Å²) in [7, 11) is 0. The maximum Gasteiger partial charge on any atom is -0.00131 e. The Morgan fingerprint density at radius 2 is 1.09 bits per heavy atom. The number of rotatable bonds is 3. The molecule has 0 atom stereocenters. The summed E-state index contributed by atoms with van der Waals surface area (Å²) in [6, 6.07) is 38.6. The number of hydrogen-bond donors (Lipinski definition) is 0. The molecule has 6 aromatic rings. The average Bonchev–Trinajstić information content (AvgIpc) is 3.28. The number of benzene rings is 6. The van der Waals surface area contributed by atoms with Crippen molar-refractivity contribution in [2.45, 2.75) is 26.2 Å². The van der Waals surface area contributed by atoms with Crippen molar-refractivity contribution in [3.8, 4) is 11.1 Å². The van der Waals surface area contributed by atoms with Crippen molar-refractivity contribution < 1.29 is 0 Å². The average molecular weight is 435 g/mol. The molecule has 0 saturated carbocycles. The van der Waals surface area contributed by atoms with Crippen molar-refractivity contribution in [1.29, 1.82) is 0 Å². The fraction of sp³-hybridized carbons (Fsp3) is 0.118. The zero-order chi connectivity index (χ0) is 22.6. The standard InChI is InChI=1S/C34H26/c1-2-22-20-32-31-17-8-6-14-28(31)26(21-33(32)30-16-7-5-13-27(22)30)19-25-12-9-11-24-18-23-10-3-4-15-29(23)34(24)25/h3-17,20-21H,2,18-19H2,1H3. The lowest BCUT2D eigenvalue weighted by atomic mass is 9.87. The molecule has 0 bridgehead atoms. The van der Waals surface area contributed by atoms with Crippen LogP contribution < -0.4 is 0 Å². The van der Waals surface area contributed by atoms with E-state index < -0.39 is 0 Å².